The third-order valence-electron chi connectivity index (χ3n) is 4.20. The van der Waals surface area contributed by atoms with Crippen LogP contribution >= 0.6 is 0 Å². The number of nitrogens with one attached hydrogen (secondary N) is 2. The molecule has 0 atom stereocenters. The third-order valence-corrected chi connectivity index (χ3v) is 4.20. The lowest BCUT2D eigenvalue weighted by molar-refractivity contribution is -0.121. The molecule has 0 unspecified atom stereocenters. The van der Waals surface area contributed by atoms with E-state index in [-0.39, 0.29) is 24.1 Å². The number of aromatic nitrogens is 1. The van der Waals surface area contributed by atoms with E-state index in [2.05, 4.69) is 15.6 Å². The molecule has 0 radical (unpaired) electrons. The van der Waals surface area contributed by atoms with Crippen LogP contribution in [-0.4, -0.2) is 29.9 Å². The summed E-state index contributed by atoms with van der Waals surface area (Å²) in [6, 6.07) is 17.2. The van der Waals surface area contributed by atoms with Gasteiger partial charge in [-0.15, -0.1) is 0 Å². The Morgan fingerprint density at radius 1 is 1.00 bits per heavy atom. The molecule has 0 bridgehead atoms. The van der Waals surface area contributed by atoms with Gasteiger partial charge >= 0.3 is 0 Å². The van der Waals surface area contributed by atoms with Gasteiger partial charge in [0.05, 0.1) is 12.6 Å². The minimum absolute atomic E-state index is 0.0702. The lowest BCUT2D eigenvalue weighted by atomic mass is 10.1. The standard InChI is InChI=1S/C24H22FN3O3/c25-21-15-19(8-10-22(21)31-20-7-4-12-26-17-20)9-11-23(29)27-13-14-28-24(30)16-18-5-2-1-3-6-18/h1-12,15,17H,13-14,16H2,(H,27,29)(H,28,30)/b11-9+. The molecule has 158 valence electrons. The topological polar surface area (TPSA) is 80.3 Å². The lowest BCUT2D eigenvalue weighted by Crippen LogP contribution is -2.34. The van der Waals surface area contributed by atoms with Gasteiger partial charge in [-0.1, -0.05) is 36.4 Å². The van der Waals surface area contributed by atoms with E-state index in [0.29, 0.717) is 24.3 Å². The van der Waals surface area contributed by atoms with Crippen LogP contribution in [0, 0.1) is 5.82 Å². The Bertz CT molecular complexity index is 1040. The predicted octanol–water partition coefficient (Wildman–Crippen LogP) is 3.50. The summed E-state index contributed by atoms with van der Waals surface area (Å²) in [5.74, 6) is -0.498. The summed E-state index contributed by atoms with van der Waals surface area (Å²) in [7, 11) is 0. The number of benzene rings is 2. The minimum atomic E-state index is -0.549. The maximum atomic E-state index is 14.2. The number of hydrogen-bond acceptors (Lipinski definition) is 4. The van der Waals surface area contributed by atoms with Crippen LogP contribution in [0.1, 0.15) is 11.1 Å². The van der Waals surface area contributed by atoms with Crippen LogP contribution in [0.15, 0.2) is 79.1 Å². The molecule has 0 aliphatic heterocycles. The summed E-state index contributed by atoms with van der Waals surface area (Å²) < 4.78 is 19.7. The molecular formula is C24H22FN3O3. The Morgan fingerprint density at radius 2 is 1.81 bits per heavy atom. The molecule has 2 N–H and O–H groups in total. The fourth-order valence-electron chi connectivity index (χ4n) is 2.70. The zero-order valence-electron chi connectivity index (χ0n) is 16.8. The quantitative estimate of drug-likeness (QED) is 0.411. The van der Waals surface area contributed by atoms with Crippen molar-refractivity contribution >= 4 is 17.9 Å². The Morgan fingerprint density at radius 3 is 2.55 bits per heavy atom. The molecule has 6 nitrogen and oxygen atoms in total. The molecule has 0 saturated heterocycles. The fourth-order valence-corrected chi connectivity index (χ4v) is 2.70. The Kier molecular flexibility index (Phi) is 7.88. The van der Waals surface area contributed by atoms with Gasteiger partial charge in [-0.25, -0.2) is 4.39 Å². The Labute approximate surface area is 179 Å². The number of nitrogens with zero attached hydrogens (tertiary/aromatic N) is 1. The first-order valence-electron chi connectivity index (χ1n) is 9.74. The molecule has 31 heavy (non-hydrogen) atoms. The zero-order chi connectivity index (χ0) is 21.9. The normalized spacial score (nSPS) is 10.6. The van der Waals surface area contributed by atoms with Crippen LogP contribution in [0.2, 0.25) is 0 Å². The number of rotatable bonds is 9. The van der Waals surface area contributed by atoms with E-state index >= 15 is 0 Å². The molecule has 7 heteroatoms. The second-order valence-corrected chi connectivity index (χ2v) is 6.62. The van der Waals surface area contributed by atoms with Crippen molar-refractivity contribution in [1.82, 2.24) is 15.6 Å². The van der Waals surface area contributed by atoms with Crippen molar-refractivity contribution in [3.63, 3.8) is 0 Å². The van der Waals surface area contributed by atoms with E-state index in [1.807, 2.05) is 30.3 Å². The summed E-state index contributed by atoms with van der Waals surface area (Å²) in [4.78, 5) is 27.7. The van der Waals surface area contributed by atoms with Crippen molar-refractivity contribution in [1.29, 1.82) is 0 Å². The highest BCUT2D eigenvalue weighted by molar-refractivity contribution is 5.91. The maximum Gasteiger partial charge on any atom is 0.244 e. The van der Waals surface area contributed by atoms with Crippen molar-refractivity contribution in [2.75, 3.05) is 13.1 Å². The van der Waals surface area contributed by atoms with Gasteiger partial charge in [0.2, 0.25) is 11.8 Å². The van der Waals surface area contributed by atoms with Crippen LogP contribution in [0.5, 0.6) is 11.5 Å². The van der Waals surface area contributed by atoms with E-state index in [1.165, 1.54) is 30.5 Å². The Hall–Kier alpha value is -4.00. The minimum Gasteiger partial charge on any atom is -0.453 e. The molecule has 0 aliphatic carbocycles. The molecule has 0 aliphatic rings. The SMILES string of the molecule is O=C(/C=C/c1ccc(Oc2cccnc2)c(F)c1)NCCNC(=O)Cc1ccccc1. The monoisotopic (exact) mass is 419 g/mol. The van der Waals surface area contributed by atoms with Gasteiger partial charge in [-0.2, -0.15) is 0 Å². The summed E-state index contributed by atoms with van der Waals surface area (Å²) in [6.45, 7) is 0.607. The van der Waals surface area contributed by atoms with E-state index in [1.54, 1.807) is 24.4 Å². The zero-order valence-corrected chi connectivity index (χ0v) is 16.8. The molecule has 0 spiro atoms. The first-order valence-corrected chi connectivity index (χ1v) is 9.74. The first kappa shape index (κ1) is 21.7. The molecule has 0 fully saturated rings. The molecule has 1 aromatic heterocycles. The molecular weight excluding hydrogens is 397 g/mol. The number of hydrogen-bond donors (Lipinski definition) is 2. The van der Waals surface area contributed by atoms with E-state index in [0.717, 1.165) is 5.56 Å². The number of halogens is 1. The van der Waals surface area contributed by atoms with Crippen LogP contribution in [-0.2, 0) is 16.0 Å². The number of carbonyl (C=O) groups is 2. The summed E-state index contributed by atoms with van der Waals surface area (Å²) >= 11 is 0. The van der Waals surface area contributed by atoms with E-state index in [9.17, 15) is 14.0 Å². The van der Waals surface area contributed by atoms with Gasteiger partial charge in [-0.3, -0.25) is 14.6 Å². The van der Waals surface area contributed by atoms with Crippen LogP contribution in [0.3, 0.4) is 0 Å². The van der Waals surface area contributed by atoms with Crippen molar-refractivity contribution in [2.45, 2.75) is 6.42 Å². The molecule has 2 aromatic carbocycles. The molecule has 1 heterocycles. The lowest BCUT2D eigenvalue weighted by Gasteiger charge is -2.07. The summed E-state index contributed by atoms with van der Waals surface area (Å²) in [6.07, 6.45) is 6.19. The molecule has 3 rings (SSSR count). The van der Waals surface area contributed by atoms with Crippen molar-refractivity contribution < 1.29 is 18.7 Å². The second-order valence-electron chi connectivity index (χ2n) is 6.62. The van der Waals surface area contributed by atoms with Gasteiger partial charge in [0, 0.05) is 25.4 Å². The van der Waals surface area contributed by atoms with Crippen molar-refractivity contribution in [3.05, 3.63) is 96.1 Å². The maximum absolute atomic E-state index is 14.2. The highest BCUT2D eigenvalue weighted by atomic mass is 19.1. The largest absolute Gasteiger partial charge is 0.453 e. The first-order chi connectivity index (χ1) is 15.1. The third kappa shape index (κ3) is 7.40. The molecule has 0 saturated carbocycles. The fraction of sp³-hybridized carbons (Fsp3) is 0.125. The summed E-state index contributed by atoms with van der Waals surface area (Å²) in [5.41, 5.74) is 1.44. The van der Waals surface area contributed by atoms with E-state index in [4.69, 9.17) is 4.74 Å². The second kappa shape index (κ2) is 11.3. The van der Waals surface area contributed by atoms with Crippen molar-refractivity contribution in [3.8, 4) is 11.5 Å². The number of ether oxygens (including phenoxy) is 1. The molecule has 2 amide bonds. The van der Waals surface area contributed by atoms with Gasteiger partial charge in [0.1, 0.15) is 5.75 Å². The average Bonchev–Trinajstić information content (AvgIpc) is 2.78. The average molecular weight is 419 g/mol. The van der Waals surface area contributed by atoms with Crippen LogP contribution in [0.4, 0.5) is 4.39 Å². The number of amides is 2. The van der Waals surface area contributed by atoms with Gasteiger partial charge in [-0.05, 0) is 41.5 Å². The number of pyridine rings is 1. The van der Waals surface area contributed by atoms with E-state index < -0.39 is 5.82 Å². The number of carbonyl (C=O) groups excluding carboxylic acids is 2. The van der Waals surface area contributed by atoms with Crippen LogP contribution < -0.4 is 15.4 Å². The van der Waals surface area contributed by atoms with Gasteiger partial charge in [0.15, 0.2) is 11.6 Å². The summed E-state index contributed by atoms with van der Waals surface area (Å²) in [5, 5.41) is 5.41. The highest BCUT2D eigenvalue weighted by Gasteiger charge is 2.06. The highest BCUT2D eigenvalue weighted by Crippen LogP contribution is 2.24. The Balaban J connectivity index is 1.40. The van der Waals surface area contributed by atoms with Crippen LogP contribution in [0.25, 0.3) is 6.08 Å². The molecule has 3 aromatic rings. The predicted molar refractivity (Wildman–Crippen MR) is 116 cm³/mol. The smallest absolute Gasteiger partial charge is 0.244 e. The van der Waals surface area contributed by atoms with Gasteiger partial charge < -0.3 is 15.4 Å². The van der Waals surface area contributed by atoms with Gasteiger partial charge in [0.25, 0.3) is 0 Å². The van der Waals surface area contributed by atoms with Crippen molar-refractivity contribution in [2.24, 2.45) is 0 Å².